The molecule has 0 radical (unpaired) electrons. The van der Waals surface area contributed by atoms with E-state index in [4.69, 9.17) is 9.15 Å². The van der Waals surface area contributed by atoms with Crippen molar-refractivity contribution in [3.8, 4) is 0 Å². The number of β-amino-alcohol motifs (C(OH)–C–C–N with tert-alkyl or cyclic N) is 1. The van der Waals surface area contributed by atoms with Gasteiger partial charge in [0.15, 0.2) is 0 Å². The van der Waals surface area contributed by atoms with Crippen LogP contribution in [-0.4, -0.2) is 55.5 Å². The molecule has 1 saturated heterocycles. The van der Waals surface area contributed by atoms with Gasteiger partial charge in [-0.15, -0.1) is 0 Å². The Morgan fingerprint density at radius 1 is 1.17 bits per heavy atom. The summed E-state index contributed by atoms with van der Waals surface area (Å²) in [5.74, 6) is 0.668. The zero-order valence-corrected chi connectivity index (χ0v) is 13.3. The van der Waals surface area contributed by atoms with E-state index >= 15 is 0 Å². The summed E-state index contributed by atoms with van der Waals surface area (Å²) in [5, 5.41) is 15.9. The van der Waals surface area contributed by atoms with Crippen LogP contribution in [0.5, 0.6) is 0 Å². The van der Waals surface area contributed by atoms with Gasteiger partial charge < -0.3 is 24.9 Å². The Morgan fingerprint density at radius 2 is 1.88 bits per heavy atom. The van der Waals surface area contributed by atoms with E-state index in [9.17, 15) is 14.7 Å². The average Bonchev–Trinajstić information content (AvgIpc) is 3.11. The molecule has 1 aliphatic heterocycles. The third kappa shape index (κ3) is 3.84. The number of morpholine rings is 1. The first-order valence-corrected chi connectivity index (χ1v) is 7.96. The number of hydrogen-bond acceptors (Lipinski definition) is 8. The normalized spacial score (nSPS) is 17.0. The second-order valence-corrected chi connectivity index (χ2v) is 5.79. The number of furan rings is 1. The molecule has 1 atom stereocenters. The summed E-state index contributed by atoms with van der Waals surface area (Å²) in [6, 6.07) is 3.53. The molecule has 3 rings (SSSR count). The van der Waals surface area contributed by atoms with Crippen molar-refractivity contribution in [2.75, 3.05) is 50.0 Å². The van der Waals surface area contributed by atoms with Crippen LogP contribution in [0.3, 0.4) is 0 Å². The molecule has 2 heterocycles. The Balaban J connectivity index is 1.50. The Labute approximate surface area is 138 Å². The summed E-state index contributed by atoms with van der Waals surface area (Å²) in [6.07, 6.45) is 0.908. The molecular weight excluding hydrogens is 314 g/mol. The van der Waals surface area contributed by atoms with Crippen molar-refractivity contribution < 1.29 is 14.3 Å². The Hall–Kier alpha value is -2.16. The summed E-state index contributed by atoms with van der Waals surface area (Å²) in [6.45, 7) is 3.93. The van der Waals surface area contributed by atoms with Gasteiger partial charge in [0.05, 0.1) is 32.1 Å². The maximum Gasteiger partial charge on any atom is 0.253 e. The van der Waals surface area contributed by atoms with Crippen LogP contribution in [0.1, 0.15) is 5.76 Å². The minimum absolute atomic E-state index is 0.206. The number of ether oxygens (including phenoxy) is 1. The smallest absolute Gasteiger partial charge is 0.253 e. The van der Waals surface area contributed by atoms with Crippen LogP contribution in [0, 0.1) is 0 Å². The van der Waals surface area contributed by atoms with Gasteiger partial charge in [0.2, 0.25) is 0 Å². The van der Waals surface area contributed by atoms with Gasteiger partial charge in [-0.1, -0.05) is 0 Å². The standard InChI is InChI=1S/C16H21N3O5/c20-11(10-19-3-6-23-7-4-19)8-17-13-14(16(22)15(13)21)18-9-12-2-1-5-24-12/h1-2,5,11,17-18,20H,3-4,6-10H2/t11-/m1/s1. The minimum atomic E-state index is -0.634. The number of nitrogens with zero attached hydrogens (tertiary/aromatic N) is 1. The molecule has 8 nitrogen and oxygen atoms in total. The quantitative estimate of drug-likeness (QED) is 0.560. The topological polar surface area (TPSA) is 104 Å². The van der Waals surface area contributed by atoms with Crippen LogP contribution in [0.2, 0.25) is 0 Å². The predicted octanol–water partition coefficient (Wildman–Crippen LogP) is -0.407. The fraction of sp³-hybridized carbons (Fsp3) is 0.500. The van der Waals surface area contributed by atoms with Gasteiger partial charge in [0, 0.05) is 26.2 Å². The van der Waals surface area contributed by atoms with Crippen molar-refractivity contribution in [1.82, 2.24) is 4.90 Å². The second kappa shape index (κ2) is 7.61. The Bertz CT molecular complexity index is 715. The van der Waals surface area contributed by atoms with Gasteiger partial charge in [-0.3, -0.25) is 14.5 Å². The number of aliphatic hydroxyl groups excluding tert-OH is 1. The molecular formula is C16H21N3O5. The Kier molecular flexibility index (Phi) is 5.29. The average molecular weight is 335 g/mol. The van der Waals surface area contributed by atoms with Crippen LogP contribution >= 0.6 is 0 Å². The lowest BCUT2D eigenvalue weighted by molar-refractivity contribution is 0.0171. The van der Waals surface area contributed by atoms with E-state index in [0.717, 1.165) is 13.1 Å². The van der Waals surface area contributed by atoms with Gasteiger partial charge in [-0.05, 0) is 12.1 Å². The highest BCUT2D eigenvalue weighted by Gasteiger charge is 2.22. The highest BCUT2D eigenvalue weighted by atomic mass is 16.5. The minimum Gasteiger partial charge on any atom is -0.467 e. The van der Waals surface area contributed by atoms with E-state index in [2.05, 4.69) is 15.5 Å². The third-order valence-electron chi connectivity index (χ3n) is 4.02. The molecule has 0 unspecified atom stereocenters. The van der Waals surface area contributed by atoms with E-state index in [-0.39, 0.29) is 17.9 Å². The molecule has 2 aromatic rings. The van der Waals surface area contributed by atoms with E-state index in [1.807, 2.05) is 0 Å². The molecule has 0 aliphatic carbocycles. The van der Waals surface area contributed by atoms with E-state index < -0.39 is 17.0 Å². The van der Waals surface area contributed by atoms with Crippen molar-refractivity contribution in [2.45, 2.75) is 12.6 Å². The van der Waals surface area contributed by atoms with Crippen LogP contribution < -0.4 is 21.5 Å². The summed E-state index contributed by atoms with van der Waals surface area (Å²) in [4.78, 5) is 25.5. The van der Waals surface area contributed by atoms with Gasteiger partial charge in [0.25, 0.3) is 10.9 Å². The molecule has 130 valence electrons. The maximum absolute atomic E-state index is 11.7. The lowest BCUT2D eigenvalue weighted by atomic mass is 10.1. The van der Waals surface area contributed by atoms with Crippen molar-refractivity contribution in [1.29, 1.82) is 0 Å². The van der Waals surface area contributed by atoms with E-state index in [1.165, 1.54) is 0 Å². The van der Waals surface area contributed by atoms with Crippen LogP contribution in [0.4, 0.5) is 11.4 Å². The molecule has 1 fully saturated rings. The fourth-order valence-electron chi connectivity index (χ4n) is 2.68. The zero-order valence-electron chi connectivity index (χ0n) is 13.3. The largest absolute Gasteiger partial charge is 0.467 e. The van der Waals surface area contributed by atoms with Crippen LogP contribution in [-0.2, 0) is 11.3 Å². The van der Waals surface area contributed by atoms with Gasteiger partial charge in [-0.25, -0.2) is 0 Å². The Morgan fingerprint density at radius 3 is 2.54 bits per heavy atom. The number of anilines is 2. The van der Waals surface area contributed by atoms with Gasteiger partial charge in [0.1, 0.15) is 17.1 Å². The maximum atomic E-state index is 11.7. The lowest BCUT2D eigenvalue weighted by Crippen LogP contribution is -2.44. The third-order valence-corrected chi connectivity index (χ3v) is 4.02. The number of hydrogen-bond donors (Lipinski definition) is 3. The molecule has 3 N–H and O–H groups in total. The predicted molar refractivity (Wildman–Crippen MR) is 89.1 cm³/mol. The number of nitrogens with one attached hydrogen (secondary N) is 2. The lowest BCUT2D eigenvalue weighted by Gasteiger charge is -2.28. The monoisotopic (exact) mass is 335 g/mol. The molecule has 0 amide bonds. The molecule has 1 aromatic carbocycles. The highest BCUT2D eigenvalue weighted by Crippen LogP contribution is 2.16. The SMILES string of the molecule is O=c1c(NCc2ccco2)c(NC[C@@H](O)CN2CCOCC2)c1=O. The van der Waals surface area contributed by atoms with Crippen molar-refractivity contribution in [2.24, 2.45) is 0 Å². The van der Waals surface area contributed by atoms with E-state index in [0.29, 0.717) is 32.1 Å². The first-order valence-electron chi connectivity index (χ1n) is 7.96. The molecule has 1 aromatic heterocycles. The van der Waals surface area contributed by atoms with Crippen LogP contribution in [0.25, 0.3) is 0 Å². The summed E-state index contributed by atoms with van der Waals surface area (Å²) in [5.41, 5.74) is -0.634. The molecule has 0 bridgehead atoms. The highest BCUT2D eigenvalue weighted by molar-refractivity contribution is 5.73. The van der Waals surface area contributed by atoms with Crippen molar-refractivity contribution >= 4 is 11.4 Å². The first kappa shape index (κ1) is 16.7. The van der Waals surface area contributed by atoms with Crippen molar-refractivity contribution in [3.05, 3.63) is 44.6 Å². The summed E-state index contributed by atoms with van der Waals surface area (Å²) >= 11 is 0. The fourth-order valence-corrected chi connectivity index (χ4v) is 2.68. The second-order valence-electron chi connectivity index (χ2n) is 5.79. The molecule has 8 heteroatoms. The molecule has 24 heavy (non-hydrogen) atoms. The van der Waals surface area contributed by atoms with Gasteiger partial charge in [-0.2, -0.15) is 0 Å². The zero-order chi connectivity index (χ0) is 16.9. The van der Waals surface area contributed by atoms with Crippen molar-refractivity contribution in [3.63, 3.8) is 0 Å². The van der Waals surface area contributed by atoms with Gasteiger partial charge >= 0.3 is 0 Å². The molecule has 0 spiro atoms. The molecule has 0 saturated carbocycles. The number of aliphatic hydroxyl groups is 1. The molecule has 1 aliphatic rings. The van der Waals surface area contributed by atoms with Crippen LogP contribution in [0.15, 0.2) is 32.4 Å². The number of rotatable bonds is 8. The van der Waals surface area contributed by atoms with E-state index in [1.54, 1.807) is 18.4 Å². The summed E-state index contributed by atoms with van der Waals surface area (Å²) < 4.78 is 10.4. The first-order chi connectivity index (χ1) is 11.6. The summed E-state index contributed by atoms with van der Waals surface area (Å²) in [7, 11) is 0.